The summed E-state index contributed by atoms with van der Waals surface area (Å²) in [5, 5.41) is 0. The topological polar surface area (TPSA) is 50.7 Å². The fraction of sp³-hybridized carbons (Fsp3) is 0.474. The summed E-state index contributed by atoms with van der Waals surface area (Å²) in [5.74, 6) is 1.76. The Morgan fingerprint density at radius 1 is 1.20 bits per heavy atom. The predicted molar refractivity (Wildman–Crippen MR) is 95.9 cm³/mol. The number of anilines is 1. The molecule has 1 aromatic heterocycles. The van der Waals surface area contributed by atoms with Gasteiger partial charge in [-0.1, -0.05) is 12.1 Å². The lowest BCUT2D eigenvalue weighted by atomic mass is 10.1. The van der Waals surface area contributed by atoms with E-state index in [0.717, 1.165) is 64.1 Å². The predicted octanol–water partition coefficient (Wildman–Crippen LogP) is 1.88. The molecule has 0 atom stereocenters. The number of morpholine rings is 1. The fourth-order valence-electron chi connectivity index (χ4n) is 3.44. The minimum atomic E-state index is 0.759. The fourth-order valence-corrected chi connectivity index (χ4v) is 3.44. The van der Waals surface area contributed by atoms with Gasteiger partial charge in [-0.15, -0.1) is 0 Å². The molecule has 3 heterocycles. The highest BCUT2D eigenvalue weighted by molar-refractivity contribution is 5.35. The van der Waals surface area contributed by atoms with Gasteiger partial charge in [0.15, 0.2) is 0 Å². The van der Waals surface area contributed by atoms with Crippen molar-refractivity contribution in [2.45, 2.75) is 19.5 Å². The Labute approximate surface area is 148 Å². The maximum Gasteiger partial charge on any atom is 0.225 e. The van der Waals surface area contributed by atoms with Gasteiger partial charge in [-0.05, 0) is 17.7 Å². The summed E-state index contributed by atoms with van der Waals surface area (Å²) in [6, 6.07) is 8.28. The van der Waals surface area contributed by atoms with Gasteiger partial charge in [0.2, 0.25) is 5.95 Å². The molecule has 0 radical (unpaired) electrons. The molecule has 1 fully saturated rings. The van der Waals surface area contributed by atoms with E-state index in [1.54, 1.807) is 7.11 Å². The third-order valence-corrected chi connectivity index (χ3v) is 4.83. The summed E-state index contributed by atoms with van der Waals surface area (Å²) in [6.07, 6.45) is 2.98. The lowest BCUT2D eigenvalue weighted by Crippen LogP contribution is -2.38. The van der Waals surface area contributed by atoms with Crippen LogP contribution in [0, 0.1) is 0 Å². The number of rotatable bonds is 4. The quantitative estimate of drug-likeness (QED) is 0.847. The van der Waals surface area contributed by atoms with E-state index in [0.29, 0.717) is 0 Å². The molecule has 0 aliphatic carbocycles. The molecule has 132 valence electrons. The van der Waals surface area contributed by atoms with Crippen LogP contribution < -0.4 is 9.64 Å². The van der Waals surface area contributed by atoms with E-state index in [1.807, 2.05) is 18.3 Å². The molecule has 25 heavy (non-hydrogen) atoms. The third-order valence-electron chi connectivity index (χ3n) is 4.83. The first-order valence-electron chi connectivity index (χ1n) is 8.84. The van der Waals surface area contributed by atoms with Crippen LogP contribution in [0.5, 0.6) is 5.75 Å². The van der Waals surface area contributed by atoms with E-state index < -0.39 is 0 Å². The van der Waals surface area contributed by atoms with E-state index in [1.165, 1.54) is 16.8 Å². The molecule has 1 saturated heterocycles. The molecule has 0 amide bonds. The monoisotopic (exact) mass is 340 g/mol. The van der Waals surface area contributed by atoms with Crippen LogP contribution in [0.25, 0.3) is 0 Å². The lowest BCUT2D eigenvalue weighted by molar-refractivity contribution is 0.122. The van der Waals surface area contributed by atoms with Crippen molar-refractivity contribution in [2.24, 2.45) is 0 Å². The average molecular weight is 340 g/mol. The van der Waals surface area contributed by atoms with Crippen molar-refractivity contribution in [3.63, 3.8) is 0 Å². The van der Waals surface area contributed by atoms with Crippen LogP contribution in [0.4, 0.5) is 5.95 Å². The van der Waals surface area contributed by atoms with Gasteiger partial charge in [0.25, 0.3) is 0 Å². The largest absolute Gasteiger partial charge is 0.497 e. The number of aromatic nitrogens is 2. The second-order valence-electron chi connectivity index (χ2n) is 6.55. The summed E-state index contributed by atoms with van der Waals surface area (Å²) in [6.45, 7) is 6.10. The van der Waals surface area contributed by atoms with Gasteiger partial charge in [0, 0.05) is 50.9 Å². The SMILES string of the molecule is COc1cccc(CN2CCc3nc(N4CCOCC4)ncc3C2)c1. The zero-order chi connectivity index (χ0) is 17.1. The Balaban J connectivity index is 1.44. The van der Waals surface area contributed by atoms with Gasteiger partial charge >= 0.3 is 0 Å². The highest BCUT2D eigenvalue weighted by atomic mass is 16.5. The van der Waals surface area contributed by atoms with Crippen molar-refractivity contribution in [1.82, 2.24) is 14.9 Å². The van der Waals surface area contributed by atoms with Crippen molar-refractivity contribution in [2.75, 3.05) is 44.9 Å². The number of benzene rings is 1. The molecule has 0 spiro atoms. The standard InChI is InChI=1S/C19H24N4O2/c1-24-17-4-2-3-15(11-17)13-22-6-5-18-16(14-22)12-20-19(21-18)23-7-9-25-10-8-23/h2-4,11-12H,5-10,13-14H2,1H3. The van der Waals surface area contributed by atoms with Crippen LogP contribution in [-0.2, 0) is 24.2 Å². The molecule has 2 aliphatic heterocycles. The average Bonchev–Trinajstić information content (AvgIpc) is 2.68. The zero-order valence-electron chi connectivity index (χ0n) is 14.6. The van der Waals surface area contributed by atoms with Crippen molar-refractivity contribution >= 4 is 5.95 Å². The van der Waals surface area contributed by atoms with E-state index in [2.05, 4.69) is 26.9 Å². The summed E-state index contributed by atoms with van der Waals surface area (Å²) in [7, 11) is 1.71. The molecule has 0 unspecified atom stereocenters. The summed E-state index contributed by atoms with van der Waals surface area (Å²) < 4.78 is 10.7. The summed E-state index contributed by atoms with van der Waals surface area (Å²) in [5.41, 5.74) is 3.71. The first-order valence-corrected chi connectivity index (χ1v) is 8.84. The van der Waals surface area contributed by atoms with Gasteiger partial charge in [0.05, 0.1) is 26.0 Å². The van der Waals surface area contributed by atoms with Crippen LogP contribution in [0.3, 0.4) is 0 Å². The number of methoxy groups -OCH3 is 1. The van der Waals surface area contributed by atoms with E-state index >= 15 is 0 Å². The highest BCUT2D eigenvalue weighted by Gasteiger charge is 2.21. The maximum absolute atomic E-state index is 5.41. The molecule has 6 heteroatoms. The molecular weight excluding hydrogens is 316 g/mol. The van der Waals surface area contributed by atoms with Crippen molar-refractivity contribution in [3.8, 4) is 5.75 Å². The van der Waals surface area contributed by atoms with E-state index in [9.17, 15) is 0 Å². The van der Waals surface area contributed by atoms with Gasteiger partial charge in [-0.25, -0.2) is 9.97 Å². The Morgan fingerprint density at radius 2 is 2.08 bits per heavy atom. The van der Waals surface area contributed by atoms with Crippen LogP contribution >= 0.6 is 0 Å². The van der Waals surface area contributed by atoms with Gasteiger partial charge in [-0.2, -0.15) is 0 Å². The molecule has 1 aromatic carbocycles. The molecule has 2 aromatic rings. The minimum Gasteiger partial charge on any atom is -0.497 e. The Morgan fingerprint density at radius 3 is 2.92 bits per heavy atom. The first kappa shape index (κ1) is 16.3. The summed E-state index contributed by atoms with van der Waals surface area (Å²) >= 11 is 0. The molecule has 2 aliphatic rings. The number of hydrogen-bond acceptors (Lipinski definition) is 6. The normalized spacial score (nSPS) is 18.0. The first-order chi connectivity index (χ1) is 12.3. The number of fused-ring (bicyclic) bond motifs is 1. The molecule has 0 saturated carbocycles. The second-order valence-corrected chi connectivity index (χ2v) is 6.55. The molecule has 0 N–H and O–H groups in total. The van der Waals surface area contributed by atoms with Crippen molar-refractivity contribution in [1.29, 1.82) is 0 Å². The van der Waals surface area contributed by atoms with Gasteiger partial charge in [0.1, 0.15) is 5.75 Å². The molecule has 6 nitrogen and oxygen atoms in total. The highest BCUT2D eigenvalue weighted by Crippen LogP contribution is 2.22. The van der Waals surface area contributed by atoms with Crippen LogP contribution in [0.2, 0.25) is 0 Å². The van der Waals surface area contributed by atoms with Crippen molar-refractivity contribution < 1.29 is 9.47 Å². The van der Waals surface area contributed by atoms with Crippen LogP contribution in [-0.4, -0.2) is 54.8 Å². The number of nitrogens with zero attached hydrogens (tertiary/aromatic N) is 4. The second kappa shape index (κ2) is 7.37. The Hall–Kier alpha value is -2.18. The van der Waals surface area contributed by atoms with Crippen molar-refractivity contribution in [3.05, 3.63) is 47.3 Å². The van der Waals surface area contributed by atoms with Gasteiger partial charge < -0.3 is 14.4 Å². The molecular formula is C19H24N4O2. The molecule has 4 rings (SSSR count). The minimum absolute atomic E-state index is 0.759. The lowest BCUT2D eigenvalue weighted by Gasteiger charge is -2.30. The zero-order valence-corrected chi connectivity index (χ0v) is 14.6. The van der Waals surface area contributed by atoms with Gasteiger partial charge in [-0.3, -0.25) is 4.90 Å². The van der Waals surface area contributed by atoms with Crippen LogP contribution in [0.1, 0.15) is 16.8 Å². The maximum atomic E-state index is 5.41. The Kier molecular flexibility index (Phi) is 4.81. The van der Waals surface area contributed by atoms with E-state index in [-0.39, 0.29) is 0 Å². The van der Waals surface area contributed by atoms with E-state index in [4.69, 9.17) is 14.5 Å². The Bertz CT molecular complexity index is 731. The number of ether oxygens (including phenoxy) is 2. The van der Waals surface area contributed by atoms with Crippen LogP contribution in [0.15, 0.2) is 30.5 Å². The number of hydrogen-bond donors (Lipinski definition) is 0. The summed E-state index contributed by atoms with van der Waals surface area (Å²) in [4.78, 5) is 14.1. The molecule has 0 bridgehead atoms. The smallest absolute Gasteiger partial charge is 0.225 e. The third kappa shape index (κ3) is 3.75.